The van der Waals surface area contributed by atoms with E-state index in [0.717, 1.165) is 37.6 Å². The van der Waals surface area contributed by atoms with Crippen molar-refractivity contribution in [3.05, 3.63) is 29.0 Å². The maximum atomic E-state index is 6.27. The summed E-state index contributed by atoms with van der Waals surface area (Å²) in [5.74, 6) is 0. The highest BCUT2D eigenvalue weighted by Crippen LogP contribution is 2.30. The predicted octanol–water partition coefficient (Wildman–Crippen LogP) is 2.48. The lowest BCUT2D eigenvalue weighted by molar-refractivity contribution is 0.164. The van der Waals surface area contributed by atoms with Gasteiger partial charge in [0.1, 0.15) is 0 Å². The molecule has 1 aliphatic heterocycles. The Balaban J connectivity index is 2.18. The van der Waals surface area contributed by atoms with Crippen molar-refractivity contribution in [2.45, 2.75) is 25.8 Å². The summed E-state index contributed by atoms with van der Waals surface area (Å²) in [5.41, 5.74) is 1.23. The molecule has 3 nitrogen and oxygen atoms in total. The van der Waals surface area contributed by atoms with Crippen LogP contribution in [-0.2, 0) is 0 Å². The molecule has 1 aliphatic rings. The molecule has 0 amide bonds. The summed E-state index contributed by atoms with van der Waals surface area (Å²) in [7, 11) is 0. The average molecular weight is 254 g/mol. The molecule has 0 aliphatic carbocycles. The molecule has 1 saturated heterocycles. The molecular formula is C13H20ClN3. The minimum absolute atomic E-state index is 0.442. The van der Waals surface area contributed by atoms with Crippen LogP contribution in [-0.4, -0.2) is 36.1 Å². The van der Waals surface area contributed by atoms with E-state index in [1.54, 1.807) is 6.20 Å². The van der Waals surface area contributed by atoms with Crippen LogP contribution in [0.5, 0.6) is 0 Å². The zero-order chi connectivity index (χ0) is 12.1. The Morgan fingerprint density at radius 2 is 2.24 bits per heavy atom. The van der Waals surface area contributed by atoms with Gasteiger partial charge in [0.2, 0.25) is 0 Å². The van der Waals surface area contributed by atoms with Crippen molar-refractivity contribution in [2.24, 2.45) is 0 Å². The van der Waals surface area contributed by atoms with Crippen LogP contribution >= 0.6 is 11.6 Å². The van der Waals surface area contributed by atoms with Gasteiger partial charge in [-0.25, -0.2) is 0 Å². The third-order valence-electron chi connectivity index (χ3n) is 3.32. The largest absolute Gasteiger partial charge is 0.314 e. The lowest BCUT2D eigenvalue weighted by Gasteiger charge is -2.35. The smallest absolute Gasteiger partial charge is 0.0637 e. The van der Waals surface area contributed by atoms with Crippen LogP contribution in [0.3, 0.4) is 0 Å². The van der Waals surface area contributed by atoms with Crippen LogP contribution in [0.25, 0.3) is 0 Å². The van der Waals surface area contributed by atoms with E-state index in [0.29, 0.717) is 6.04 Å². The number of piperazine rings is 1. The first-order valence-corrected chi connectivity index (χ1v) is 6.75. The molecule has 94 valence electrons. The van der Waals surface area contributed by atoms with Crippen molar-refractivity contribution >= 4 is 11.6 Å². The number of rotatable bonds is 4. The fraction of sp³-hybridized carbons (Fsp3) is 0.615. The lowest BCUT2D eigenvalue weighted by Crippen LogP contribution is -2.45. The minimum Gasteiger partial charge on any atom is -0.314 e. The van der Waals surface area contributed by atoms with Crippen LogP contribution in [0.15, 0.2) is 18.5 Å². The number of halogens is 1. The monoisotopic (exact) mass is 253 g/mol. The number of nitrogens with zero attached hydrogens (tertiary/aromatic N) is 2. The van der Waals surface area contributed by atoms with E-state index in [2.05, 4.69) is 28.2 Å². The van der Waals surface area contributed by atoms with Gasteiger partial charge in [0, 0.05) is 44.6 Å². The third kappa shape index (κ3) is 3.18. The molecule has 0 spiro atoms. The highest BCUT2D eigenvalue weighted by atomic mass is 35.5. The van der Waals surface area contributed by atoms with Gasteiger partial charge in [0.25, 0.3) is 0 Å². The molecule has 0 unspecified atom stereocenters. The molecule has 17 heavy (non-hydrogen) atoms. The van der Waals surface area contributed by atoms with Crippen LogP contribution < -0.4 is 5.32 Å². The SMILES string of the molecule is CCC[C@@H](c1ccncc1Cl)N1CCNCC1. The second-order valence-corrected chi connectivity index (χ2v) is 4.89. The van der Waals surface area contributed by atoms with Crippen molar-refractivity contribution in [1.82, 2.24) is 15.2 Å². The van der Waals surface area contributed by atoms with Crippen LogP contribution in [0.4, 0.5) is 0 Å². The van der Waals surface area contributed by atoms with E-state index in [-0.39, 0.29) is 0 Å². The van der Waals surface area contributed by atoms with E-state index in [4.69, 9.17) is 11.6 Å². The summed E-state index contributed by atoms with van der Waals surface area (Å²) < 4.78 is 0. The molecule has 1 fully saturated rings. The van der Waals surface area contributed by atoms with Gasteiger partial charge in [-0.2, -0.15) is 0 Å². The van der Waals surface area contributed by atoms with Crippen molar-refractivity contribution in [3.8, 4) is 0 Å². The van der Waals surface area contributed by atoms with Crippen LogP contribution in [0.2, 0.25) is 5.02 Å². The summed E-state index contributed by atoms with van der Waals surface area (Å²) >= 11 is 6.27. The Labute approximate surface area is 108 Å². The van der Waals surface area contributed by atoms with E-state index in [1.165, 1.54) is 12.0 Å². The predicted molar refractivity (Wildman–Crippen MR) is 71.3 cm³/mol. The molecule has 2 rings (SSSR count). The molecule has 2 heterocycles. The van der Waals surface area contributed by atoms with Gasteiger partial charge in [-0.15, -0.1) is 0 Å². The van der Waals surface area contributed by atoms with Crippen molar-refractivity contribution < 1.29 is 0 Å². The van der Waals surface area contributed by atoms with Gasteiger partial charge in [-0.1, -0.05) is 24.9 Å². The van der Waals surface area contributed by atoms with Gasteiger partial charge in [0.15, 0.2) is 0 Å². The Kier molecular flexibility index (Phi) is 4.77. The number of hydrogen-bond acceptors (Lipinski definition) is 3. The maximum Gasteiger partial charge on any atom is 0.0637 e. The van der Waals surface area contributed by atoms with Gasteiger partial charge in [0.05, 0.1) is 5.02 Å². The van der Waals surface area contributed by atoms with E-state index < -0.39 is 0 Å². The highest BCUT2D eigenvalue weighted by molar-refractivity contribution is 6.31. The zero-order valence-corrected chi connectivity index (χ0v) is 11.1. The molecule has 0 aromatic carbocycles. The zero-order valence-electron chi connectivity index (χ0n) is 10.3. The Morgan fingerprint density at radius 3 is 2.88 bits per heavy atom. The van der Waals surface area contributed by atoms with Gasteiger partial charge < -0.3 is 5.32 Å². The fourth-order valence-electron chi connectivity index (χ4n) is 2.46. The number of nitrogens with one attached hydrogen (secondary N) is 1. The lowest BCUT2D eigenvalue weighted by atomic mass is 10.0. The number of aromatic nitrogens is 1. The number of hydrogen-bond donors (Lipinski definition) is 1. The average Bonchev–Trinajstić information content (AvgIpc) is 2.38. The molecule has 1 aromatic rings. The van der Waals surface area contributed by atoms with E-state index in [1.807, 2.05) is 6.20 Å². The Hall–Kier alpha value is -0.640. The summed E-state index contributed by atoms with van der Waals surface area (Å²) in [6, 6.07) is 2.50. The normalized spacial score (nSPS) is 19.2. The quantitative estimate of drug-likeness (QED) is 0.894. The van der Waals surface area contributed by atoms with Gasteiger partial charge in [-0.3, -0.25) is 9.88 Å². The summed E-state index contributed by atoms with van der Waals surface area (Å²) in [5, 5.41) is 4.19. The Morgan fingerprint density at radius 1 is 1.47 bits per heavy atom. The molecular weight excluding hydrogens is 234 g/mol. The first-order valence-electron chi connectivity index (χ1n) is 6.37. The molecule has 1 aromatic heterocycles. The van der Waals surface area contributed by atoms with Crippen LogP contribution in [0.1, 0.15) is 31.4 Å². The minimum atomic E-state index is 0.442. The molecule has 0 bridgehead atoms. The summed E-state index contributed by atoms with van der Waals surface area (Å²) in [6.07, 6.45) is 5.92. The second-order valence-electron chi connectivity index (χ2n) is 4.49. The standard InChI is InChI=1S/C13H20ClN3/c1-2-3-13(17-8-6-15-7-9-17)11-4-5-16-10-12(11)14/h4-5,10,13,15H,2-3,6-9H2,1H3/t13-/m0/s1. The number of pyridine rings is 1. The van der Waals surface area contributed by atoms with E-state index >= 15 is 0 Å². The fourth-order valence-corrected chi connectivity index (χ4v) is 2.70. The van der Waals surface area contributed by atoms with Crippen LogP contribution in [0, 0.1) is 0 Å². The molecule has 1 N–H and O–H groups in total. The summed E-state index contributed by atoms with van der Waals surface area (Å²) in [6.45, 7) is 6.57. The molecule has 1 atom stereocenters. The van der Waals surface area contributed by atoms with E-state index in [9.17, 15) is 0 Å². The van der Waals surface area contributed by atoms with Gasteiger partial charge >= 0.3 is 0 Å². The van der Waals surface area contributed by atoms with Crippen molar-refractivity contribution in [2.75, 3.05) is 26.2 Å². The molecule has 0 saturated carbocycles. The second kappa shape index (κ2) is 6.34. The maximum absolute atomic E-state index is 6.27. The summed E-state index contributed by atoms with van der Waals surface area (Å²) in [4.78, 5) is 6.60. The molecule has 0 radical (unpaired) electrons. The first-order chi connectivity index (χ1) is 8.33. The third-order valence-corrected chi connectivity index (χ3v) is 3.63. The molecule has 4 heteroatoms. The highest BCUT2D eigenvalue weighted by Gasteiger charge is 2.22. The van der Waals surface area contributed by atoms with Gasteiger partial charge in [-0.05, 0) is 18.1 Å². The topological polar surface area (TPSA) is 28.2 Å². The first kappa shape index (κ1) is 12.8. The van der Waals surface area contributed by atoms with Crippen molar-refractivity contribution in [1.29, 1.82) is 0 Å². The Bertz CT molecular complexity index is 350. The van der Waals surface area contributed by atoms with Crippen molar-refractivity contribution in [3.63, 3.8) is 0 Å².